The van der Waals surface area contributed by atoms with Gasteiger partial charge in [-0.25, -0.2) is 0 Å². The summed E-state index contributed by atoms with van der Waals surface area (Å²) in [4.78, 5) is 9.81. The zero-order valence-corrected chi connectivity index (χ0v) is 7.11. The molecule has 0 aliphatic rings. The van der Waals surface area contributed by atoms with Crippen LogP contribution in [0, 0.1) is 0 Å². The molecular weight excluding hydrogens is 128 g/mol. The zero-order valence-electron chi connectivity index (χ0n) is 7.11. The third-order valence-electron chi connectivity index (χ3n) is 0.892. The van der Waals surface area contributed by atoms with Gasteiger partial charge in [0.1, 0.15) is 5.78 Å². The highest BCUT2D eigenvalue weighted by Crippen LogP contribution is 1.71. The normalized spacial score (nSPS) is 8.00. The van der Waals surface area contributed by atoms with Crippen molar-refractivity contribution >= 4 is 5.78 Å². The molecule has 0 bridgehead atoms. The van der Waals surface area contributed by atoms with Crippen LogP contribution in [-0.4, -0.2) is 12.3 Å². The molecule has 0 saturated carbocycles. The summed E-state index contributed by atoms with van der Waals surface area (Å²) >= 11 is 0. The lowest BCUT2D eigenvalue weighted by Gasteiger charge is -1.85. The van der Waals surface area contributed by atoms with Crippen molar-refractivity contribution in [3.8, 4) is 0 Å². The lowest BCUT2D eigenvalue weighted by atomic mass is 10.4. The molecular formula is C7H18N2O. The van der Waals surface area contributed by atoms with Crippen molar-refractivity contribution in [3.63, 3.8) is 0 Å². The molecule has 0 heterocycles. The molecule has 0 aliphatic heterocycles. The molecule has 0 fully saturated rings. The van der Waals surface area contributed by atoms with Gasteiger partial charge in [0.05, 0.1) is 0 Å². The first-order valence-electron chi connectivity index (χ1n) is 3.61. The van der Waals surface area contributed by atoms with Gasteiger partial charge in [0.2, 0.25) is 0 Å². The summed E-state index contributed by atoms with van der Waals surface area (Å²) in [5.41, 5.74) is 2.52. The van der Waals surface area contributed by atoms with E-state index in [2.05, 4.69) is 12.3 Å². The molecule has 0 saturated heterocycles. The van der Waals surface area contributed by atoms with Crippen molar-refractivity contribution in [2.24, 2.45) is 5.84 Å². The average molecular weight is 146 g/mol. The Bertz CT molecular complexity index is 72.0. The van der Waals surface area contributed by atoms with Gasteiger partial charge in [0, 0.05) is 13.0 Å². The summed E-state index contributed by atoms with van der Waals surface area (Å²) in [5, 5.41) is 0. The highest BCUT2D eigenvalue weighted by molar-refractivity contribution is 5.74. The van der Waals surface area contributed by atoms with Crippen LogP contribution in [0.1, 0.15) is 33.6 Å². The van der Waals surface area contributed by atoms with Crippen molar-refractivity contribution in [1.29, 1.82) is 0 Å². The number of nitrogens with one attached hydrogen (secondary N) is 1. The van der Waals surface area contributed by atoms with Gasteiger partial charge in [-0.2, -0.15) is 0 Å². The lowest BCUT2D eigenvalue weighted by Crippen LogP contribution is -2.21. The summed E-state index contributed by atoms with van der Waals surface area (Å²) in [6, 6.07) is 0. The maximum atomic E-state index is 9.81. The molecule has 3 heteroatoms. The van der Waals surface area contributed by atoms with Gasteiger partial charge in [0.25, 0.3) is 0 Å². The maximum absolute atomic E-state index is 9.81. The molecule has 0 aliphatic carbocycles. The molecule has 0 aromatic rings. The number of hydrogen-bond acceptors (Lipinski definition) is 3. The third kappa shape index (κ3) is 25.6. The van der Waals surface area contributed by atoms with Crippen LogP contribution >= 0.6 is 0 Å². The SMILES string of the molecule is CCC(C)=O.CCCNN. The van der Waals surface area contributed by atoms with Gasteiger partial charge in [-0.3, -0.25) is 11.3 Å². The van der Waals surface area contributed by atoms with E-state index < -0.39 is 0 Å². The van der Waals surface area contributed by atoms with Gasteiger partial charge in [-0.05, 0) is 13.3 Å². The summed E-state index contributed by atoms with van der Waals surface area (Å²) < 4.78 is 0. The molecule has 0 unspecified atom stereocenters. The number of ketones is 1. The van der Waals surface area contributed by atoms with E-state index in [1.807, 2.05) is 6.92 Å². The van der Waals surface area contributed by atoms with Gasteiger partial charge in [-0.15, -0.1) is 0 Å². The van der Waals surface area contributed by atoms with Crippen LogP contribution in [0.5, 0.6) is 0 Å². The largest absolute Gasteiger partial charge is 0.300 e. The van der Waals surface area contributed by atoms with E-state index >= 15 is 0 Å². The van der Waals surface area contributed by atoms with Crippen LogP contribution in [0.25, 0.3) is 0 Å². The fourth-order valence-electron chi connectivity index (χ4n) is 0.144. The van der Waals surface area contributed by atoms with E-state index in [1.165, 1.54) is 0 Å². The second kappa shape index (κ2) is 11.4. The number of carbonyl (C=O) groups is 1. The predicted octanol–water partition coefficient (Wildman–Crippen LogP) is 0.845. The van der Waals surface area contributed by atoms with Gasteiger partial charge in [0.15, 0.2) is 0 Å². The first-order valence-corrected chi connectivity index (χ1v) is 3.61. The highest BCUT2D eigenvalue weighted by Gasteiger charge is 1.76. The smallest absolute Gasteiger partial charge is 0.129 e. The Morgan fingerprint density at radius 2 is 1.90 bits per heavy atom. The molecule has 0 spiro atoms. The molecule has 0 atom stereocenters. The van der Waals surface area contributed by atoms with Gasteiger partial charge >= 0.3 is 0 Å². The monoisotopic (exact) mass is 146 g/mol. The molecule has 0 aromatic carbocycles. The number of hydrazine groups is 1. The first kappa shape index (κ1) is 12.3. The number of Topliss-reactive ketones (excluding diaryl/α,β-unsaturated/α-hetero) is 1. The van der Waals surface area contributed by atoms with E-state index in [4.69, 9.17) is 5.84 Å². The number of rotatable bonds is 3. The van der Waals surface area contributed by atoms with Crippen molar-refractivity contribution in [2.75, 3.05) is 6.54 Å². The van der Waals surface area contributed by atoms with E-state index in [-0.39, 0.29) is 5.78 Å². The van der Waals surface area contributed by atoms with Crippen molar-refractivity contribution < 1.29 is 4.79 Å². The van der Waals surface area contributed by atoms with E-state index in [0.717, 1.165) is 13.0 Å². The van der Waals surface area contributed by atoms with Crippen molar-refractivity contribution in [2.45, 2.75) is 33.6 Å². The minimum Gasteiger partial charge on any atom is -0.300 e. The fraction of sp³-hybridized carbons (Fsp3) is 0.857. The Labute approximate surface area is 63.0 Å². The van der Waals surface area contributed by atoms with Crippen LogP contribution in [0.2, 0.25) is 0 Å². The Kier molecular flexibility index (Phi) is 14.0. The standard InChI is InChI=1S/C4H8O.C3H10N2/c1-3-4(2)5;1-2-3-5-4/h3H2,1-2H3;5H,2-4H2,1H3. The molecule has 3 nitrogen and oxygen atoms in total. The van der Waals surface area contributed by atoms with E-state index in [9.17, 15) is 4.79 Å². The Balaban J connectivity index is 0. The average Bonchev–Trinajstić information content (AvgIpc) is 1.91. The number of hydrogen-bond donors (Lipinski definition) is 2. The van der Waals surface area contributed by atoms with Crippen LogP contribution in [0.3, 0.4) is 0 Å². The summed E-state index contributed by atoms with van der Waals surface area (Å²) in [6.07, 6.45) is 1.77. The lowest BCUT2D eigenvalue weighted by molar-refractivity contribution is -0.116. The summed E-state index contributed by atoms with van der Waals surface area (Å²) in [7, 11) is 0. The van der Waals surface area contributed by atoms with Crippen LogP contribution in [0.15, 0.2) is 0 Å². The van der Waals surface area contributed by atoms with Gasteiger partial charge in [-0.1, -0.05) is 13.8 Å². The molecule has 10 heavy (non-hydrogen) atoms. The van der Waals surface area contributed by atoms with Gasteiger partial charge < -0.3 is 4.79 Å². The molecule has 3 N–H and O–H groups in total. The highest BCUT2D eigenvalue weighted by atomic mass is 16.1. The maximum Gasteiger partial charge on any atom is 0.129 e. The van der Waals surface area contributed by atoms with Crippen molar-refractivity contribution in [1.82, 2.24) is 5.43 Å². The molecule has 62 valence electrons. The second-order valence-electron chi connectivity index (χ2n) is 2.01. The second-order valence-corrected chi connectivity index (χ2v) is 2.01. The third-order valence-corrected chi connectivity index (χ3v) is 0.892. The predicted molar refractivity (Wildman–Crippen MR) is 43.5 cm³/mol. The first-order chi connectivity index (χ1) is 4.68. The number of carbonyl (C=O) groups excluding carboxylic acids is 1. The zero-order chi connectivity index (χ0) is 8.41. The minimum absolute atomic E-state index is 0.255. The summed E-state index contributed by atoms with van der Waals surface area (Å²) in [5.74, 6) is 5.14. The van der Waals surface area contributed by atoms with Crippen molar-refractivity contribution in [3.05, 3.63) is 0 Å². The Morgan fingerprint density at radius 1 is 1.50 bits per heavy atom. The van der Waals surface area contributed by atoms with E-state index in [0.29, 0.717) is 6.42 Å². The molecule has 0 amide bonds. The molecule has 0 aromatic heterocycles. The minimum atomic E-state index is 0.255. The number of nitrogens with two attached hydrogens (primary N) is 1. The van der Waals surface area contributed by atoms with Crippen LogP contribution in [0.4, 0.5) is 0 Å². The Morgan fingerprint density at radius 3 is 1.90 bits per heavy atom. The summed E-state index contributed by atoms with van der Waals surface area (Å²) in [6.45, 7) is 6.42. The quantitative estimate of drug-likeness (QED) is 0.458. The van der Waals surface area contributed by atoms with Crippen LogP contribution < -0.4 is 11.3 Å². The van der Waals surface area contributed by atoms with E-state index in [1.54, 1.807) is 6.92 Å². The van der Waals surface area contributed by atoms with Crippen LogP contribution in [-0.2, 0) is 4.79 Å². The molecule has 0 radical (unpaired) electrons. The topological polar surface area (TPSA) is 55.1 Å². The fourth-order valence-corrected chi connectivity index (χ4v) is 0.144. The Hall–Kier alpha value is -0.410. The molecule has 0 rings (SSSR count).